The van der Waals surface area contributed by atoms with Crippen molar-refractivity contribution in [3.05, 3.63) is 53.7 Å². The first-order valence-corrected chi connectivity index (χ1v) is 8.91. The van der Waals surface area contributed by atoms with Gasteiger partial charge in [-0.3, -0.25) is 4.79 Å². The molecule has 1 atom stereocenters. The smallest absolute Gasteiger partial charge is 0.168 e. The zero-order chi connectivity index (χ0) is 16.5. The van der Waals surface area contributed by atoms with Gasteiger partial charge in [-0.15, -0.1) is 0 Å². The summed E-state index contributed by atoms with van der Waals surface area (Å²) in [5.41, 5.74) is 4.32. The third kappa shape index (κ3) is 2.56. The third-order valence-electron chi connectivity index (χ3n) is 5.17. The number of para-hydroxylation sites is 1. The second-order valence-electron chi connectivity index (χ2n) is 6.74. The lowest BCUT2D eigenvalue weighted by Crippen LogP contribution is -2.22. The molecule has 2 heterocycles. The van der Waals surface area contributed by atoms with Crippen LogP contribution in [0, 0.1) is 5.92 Å². The van der Waals surface area contributed by atoms with E-state index in [4.69, 9.17) is 0 Å². The second-order valence-corrected chi connectivity index (χ2v) is 6.74. The molecular formula is C20H23N3O. The number of aromatic nitrogens is 3. The van der Waals surface area contributed by atoms with Gasteiger partial charge < -0.3 is 9.55 Å². The molecule has 1 N–H and O–H groups in total. The predicted octanol–water partition coefficient (Wildman–Crippen LogP) is 4.15. The first-order chi connectivity index (χ1) is 11.8. The highest BCUT2D eigenvalue weighted by atomic mass is 16.1. The van der Waals surface area contributed by atoms with E-state index in [1.807, 2.05) is 6.07 Å². The van der Waals surface area contributed by atoms with Crippen molar-refractivity contribution in [2.75, 3.05) is 0 Å². The number of rotatable bonds is 5. The van der Waals surface area contributed by atoms with Gasteiger partial charge in [-0.2, -0.15) is 0 Å². The van der Waals surface area contributed by atoms with Gasteiger partial charge in [-0.05, 0) is 31.7 Å². The number of nitrogens with one attached hydrogen (secondary N) is 1. The number of benzene rings is 1. The highest BCUT2D eigenvalue weighted by molar-refractivity contribution is 6.09. The number of fused-ring (bicyclic) bond motifs is 2. The molecule has 24 heavy (non-hydrogen) atoms. The maximum Gasteiger partial charge on any atom is 0.168 e. The van der Waals surface area contributed by atoms with Crippen LogP contribution in [0.25, 0.3) is 10.9 Å². The maximum absolute atomic E-state index is 13.2. The number of aromatic amines is 1. The van der Waals surface area contributed by atoms with Crippen LogP contribution in [0.15, 0.2) is 36.8 Å². The summed E-state index contributed by atoms with van der Waals surface area (Å²) in [6, 6.07) is 8.28. The van der Waals surface area contributed by atoms with Gasteiger partial charge in [0.2, 0.25) is 0 Å². The van der Waals surface area contributed by atoms with Gasteiger partial charge in [-0.1, -0.05) is 31.5 Å². The Kier molecular flexibility index (Phi) is 3.97. The van der Waals surface area contributed by atoms with Crippen molar-refractivity contribution >= 4 is 16.7 Å². The van der Waals surface area contributed by atoms with Crippen LogP contribution in [-0.4, -0.2) is 20.3 Å². The average Bonchev–Trinajstić information content (AvgIpc) is 3.23. The van der Waals surface area contributed by atoms with Gasteiger partial charge in [0, 0.05) is 40.8 Å². The quantitative estimate of drug-likeness (QED) is 0.718. The van der Waals surface area contributed by atoms with Gasteiger partial charge in [0.15, 0.2) is 5.78 Å². The molecule has 0 aliphatic heterocycles. The predicted molar refractivity (Wildman–Crippen MR) is 95.3 cm³/mol. The van der Waals surface area contributed by atoms with Crippen LogP contribution >= 0.6 is 0 Å². The van der Waals surface area contributed by atoms with Crippen LogP contribution in [-0.2, 0) is 19.4 Å². The lowest BCUT2D eigenvalue weighted by Gasteiger charge is -2.19. The van der Waals surface area contributed by atoms with Crippen molar-refractivity contribution in [3.8, 4) is 0 Å². The summed E-state index contributed by atoms with van der Waals surface area (Å²) in [6.45, 7) is 3.17. The highest BCUT2D eigenvalue weighted by Gasteiger charge is 2.28. The van der Waals surface area contributed by atoms with Crippen LogP contribution in [0.3, 0.4) is 0 Å². The number of ketones is 1. The van der Waals surface area contributed by atoms with E-state index in [1.54, 1.807) is 6.33 Å². The first kappa shape index (κ1) is 15.2. The zero-order valence-corrected chi connectivity index (χ0v) is 14.1. The van der Waals surface area contributed by atoms with Crippen molar-refractivity contribution in [1.29, 1.82) is 0 Å². The number of Topliss-reactive ketones (excluding diaryl/α,β-unsaturated/α-hetero) is 1. The molecule has 4 heteroatoms. The standard InChI is InChI=1S/C20H23N3O/c1-2-3-10-23-12-16(15-6-4-5-7-19(15)23)20(24)14-8-9-17-18(11-14)22-13-21-17/h4-7,12-14H,2-3,8-11H2,1H3,(H,21,22). The number of nitrogens with zero attached hydrogens (tertiary/aromatic N) is 2. The monoisotopic (exact) mass is 321 g/mol. The van der Waals surface area contributed by atoms with Gasteiger partial charge >= 0.3 is 0 Å². The van der Waals surface area contributed by atoms with Crippen molar-refractivity contribution in [3.63, 3.8) is 0 Å². The number of hydrogen-bond acceptors (Lipinski definition) is 2. The van der Waals surface area contributed by atoms with E-state index >= 15 is 0 Å². The number of H-pyrrole nitrogens is 1. The Morgan fingerprint density at radius 1 is 1.38 bits per heavy atom. The van der Waals surface area contributed by atoms with Crippen LogP contribution < -0.4 is 0 Å². The van der Waals surface area contributed by atoms with Gasteiger partial charge in [0.1, 0.15) is 0 Å². The maximum atomic E-state index is 13.2. The van der Waals surface area contributed by atoms with E-state index < -0.39 is 0 Å². The molecule has 1 aliphatic rings. The second kappa shape index (κ2) is 6.27. The molecule has 4 nitrogen and oxygen atoms in total. The summed E-state index contributed by atoms with van der Waals surface area (Å²) in [5.74, 6) is 0.338. The largest absolute Gasteiger partial charge is 0.348 e. The van der Waals surface area contributed by atoms with Crippen molar-refractivity contribution in [1.82, 2.24) is 14.5 Å². The summed E-state index contributed by atoms with van der Waals surface area (Å²) in [4.78, 5) is 20.7. The molecule has 0 bridgehead atoms. The molecule has 0 radical (unpaired) electrons. The Bertz CT molecular complexity index is 874. The normalized spacial score (nSPS) is 17.1. The van der Waals surface area contributed by atoms with E-state index in [2.05, 4.69) is 45.9 Å². The molecule has 124 valence electrons. The Morgan fingerprint density at radius 2 is 2.25 bits per heavy atom. The Hall–Kier alpha value is -2.36. The fraction of sp³-hybridized carbons (Fsp3) is 0.400. The number of unbranched alkanes of at least 4 members (excludes halogenated alkanes) is 1. The number of aryl methyl sites for hydroxylation is 2. The van der Waals surface area contributed by atoms with Gasteiger partial charge in [-0.25, -0.2) is 4.98 Å². The molecule has 0 saturated carbocycles. The summed E-state index contributed by atoms with van der Waals surface area (Å²) in [7, 11) is 0. The zero-order valence-electron chi connectivity index (χ0n) is 14.1. The summed E-state index contributed by atoms with van der Waals surface area (Å²) < 4.78 is 2.25. The van der Waals surface area contributed by atoms with E-state index in [1.165, 1.54) is 5.52 Å². The van der Waals surface area contributed by atoms with Crippen molar-refractivity contribution < 1.29 is 4.79 Å². The van der Waals surface area contributed by atoms with Gasteiger partial charge in [0.25, 0.3) is 0 Å². The van der Waals surface area contributed by atoms with E-state index in [0.29, 0.717) is 0 Å². The average molecular weight is 321 g/mol. The lowest BCUT2D eigenvalue weighted by molar-refractivity contribution is 0.0909. The van der Waals surface area contributed by atoms with E-state index in [-0.39, 0.29) is 11.7 Å². The van der Waals surface area contributed by atoms with Crippen LogP contribution in [0.1, 0.15) is 47.9 Å². The summed E-state index contributed by atoms with van der Waals surface area (Å²) >= 11 is 0. The fourth-order valence-corrected chi connectivity index (χ4v) is 3.80. The van der Waals surface area contributed by atoms with Crippen LogP contribution in [0.2, 0.25) is 0 Å². The van der Waals surface area contributed by atoms with Crippen LogP contribution in [0.5, 0.6) is 0 Å². The van der Waals surface area contributed by atoms with Crippen molar-refractivity contribution in [2.45, 2.75) is 45.6 Å². The molecule has 0 fully saturated rings. The topological polar surface area (TPSA) is 50.7 Å². The first-order valence-electron chi connectivity index (χ1n) is 8.91. The highest BCUT2D eigenvalue weighted by Crippen LogP contribution is 2.30. The van der Waals surface area contributed by atoms with Crippen molar-refractivity contribution in [2.24, 2.45) is 5.92 Å². The molecule has 1 aliphatic carbocycles. The minimum absolute atomic E-state index is 0.0587. The Balaban J connectivity index is 1.67. The molecule has 1 unspecified atom stereocenters. The summed E-state index contributed by atoms with van der Waals surface area (Å²) in [6.07, 6.45) is 8.67. The number of carbonyl (C=O) groups is 1. The number of hydrogen-bond donors (Lipinski definition) is 1. The molecule has 0 spiro atoms. The molecule has 2 aromatic heterocycles. The third-order valence-corrected chi connectivity index (χ3v) is 5.17. The molecular weight excluding hydrogens is 298 g/mol. The molecule has 0 saturated heterocycles. The lowest BCUT2D eigenvalue weighted by atomic mass is 9.84. The molecule has 1 aromatic carbocycles. The SMILES string of the molecule is CCCCn1cc(C(=O)C2CCc3nc[nH]c3C2)c2ccccc21. The van der Waals surface area contributed by atoms with E-state index in [9.17, 15) is 4.79 Å². The summed E-state index contributed by atoms with van der Waals surface area (Å²) in [5, 5.41) is 1.09. The van der Waals surface area contributed by atoms with E-state index in [0.717, 1.165) is 61.0 Å². The molecule has 4 rings (SSSR count). The Morgan fingerprint density at radius 3 is 3.12 bits per heavy atom. The minimum atomic E-state index is 0.0587. The fourth-order valence-electron chi connectivity index (χ4n) is 3.80. The Labute approximate surface area is 141 Å². The van der Waals surface area contributed by atoms with Gasteiger partial charge in [0.05, 0.1) is 12.0 Å². The van der Waals surface area contributed by atoms with Crippen LogP contribution in [0.4, 0.5) is 0 Å². The molecule has 0 amide bonds. The number of carbonyl (C=O) groups excluding carboxylic acids is 1. The molecule has 3 aromatic rings. The minimum Gasteiger partial charge on any atom is -0.348 e. The number of imidazole rings is 1.